The number of hydrogen-bond donors (Lipinski definition) is 3. The number of H-pyrrole nitrogens is 2. The highest BCUT2D eigenvalue weighted by molar-refractivity contribution is 6.06. The molecule has 1 aromatic carbocycles. The van der Waals surface area contributed by atoms with Gasteiger partial charge in [0.15, 0.2) is 5.75 Å². The van der Waals surface area contributed by atoms with Crippen LogP contribution in [0.3, 0.4) is 0 Å². The van der Waals surface area contributed by atoms with Gasteiger partial charge in [0.05, 0.1) is 31.6 Å². The highest BCUT2D eigenvalue weighted by Crippen LogP contribution is 2.19. The maximum atomic E-state index is 12.6. The zero-order valence-corrected chi connectivity index (χ0v) is 12.3. The van der Waals surface area contributed by atoms with Crippen molar-refractivity contribution in [2.75, 3.05) is 13.2 Å². The van der Waals surface area contributed by atoms with Crippen LogP contribution in [0.25, 0.3) is 10.9 Å². The number of nitrogens with one attached hydrogen (secondary N) is 3. The number of ether oxygens (including phenoxy) is 2. The van der Waals surface area contributed by atoms with E-state index in [-0.39, 0.29) is 18.1 Å². The molecule has 1 fully saturated rings. The van der Waals surface area contributed by atoms with E-state index in [9.17, 15) is 4.79 Å². The summed E-state index contributed by atoms with van der Waals surface area (Å²) in [5.41, 5.74) is 1.57. The summed E-state index contributed by atoms with van der Waals surface area (Å²) >= 11 is 0. The SMILES string of the molecule is O=C(N[C@H]1COC[C@H]1Oc1cn[nH]c1)c1cccc2[nH]ccc12. The molecule has 1 amide bonds. The number of benzene rings is 1. The van der Waals surface area contributed by atoms with E-state index in [2.05, 4.69) is 20.5 Å². The fraction of sp³-hybridized carbons (Fsp3) is 0.250. The standard InChI is InChI=1S/C16H16N4O3/c21-16(12-2-1-3-13-11(12)4-5-17-13)20-14-8-22-9-15(14)23-10-6-18-19-7-10/h1-7,14-15,17H,8-9H2,(H,18,19)(H,20,21)/t14-,15+/m0/s1. The van der Waals surface area contributed by atoms with Crippen molar-refractivity contribution in [1.29, 1.82) is 0 Å². The number of aromatic nitrogens is 3. The molecule has 0 unspecified atom stereocenters. The molecule has 118 valence electrons. The van der Waals surface area contributed by atoms with Crippen molar-refractivity contribution in [2.24, 2.45) is 0 Å². The lowest BCUT2D eigenvalue weighted by Crippen LogP contribution is -2.45. The van der Waals surface area contributed by atoms with Gasteiger partial charge in [0, 0.05) is 22.7 Å². The van der Waals surface area contributed by atoms with Crippen LogP contribution in [0.5, 0.6) is 5.75 Å². The quantitative estimate of drug-likeness (QED) is 0.680. The number of aromatic amines is 2. The molecule has 1 aliphatic rings. The van der Waals surface area contributed by atoms with Gasteiger partial charge in [-0.05, 0) is 18.2 Å². The Balaban J connectivity index is 1.50. The van der Waals surface area contributed by atoms with Crippen molar-refractivity contribution in [3.63, 3.8) is 0 Å². The number of rotatable bonds is 4. The van der Waals surface area contributed by atoms with E-state index in [1.807, 2.05) is 30.5 Å². The summed E-state index contributed by atoms with van der Waals surface area (Å²) in [7, 11) is 0. The normalized spacial score (nSPS) is 20.7. The molecule has 0 aliphatic carbocycles. The molecule has 2 aromatic heterocycles. The van der Waals surface area contributed by atoms with Gasteiger partial charge in [-0.15, -0.1) is 0 Å². The third-order valence-corrected chi connectivity index (χ3v) is 3.94. The highest BCUT2D eigenvalue weighted by atomic mass is 16.5. The average Bonchev–Trinajstić information content (AvgIpc) is 3.29. The van der Waals surface area contributed by atoms with Gasteiger partial charge in [-0.25, -0.2) is 0 Å². The summed E-state index contributed by atoms with van der Waals surface area (Å²) in [6.45, 7) is 0.863. The lowest BCUT2D eigenvalue weighted by molar-refractivity contribution is 0.0906. The Morgan fingerprint density at radius 1 is 1.35 bits per heavy atom. The first-order chi connectivity index (χ1) is 11.3. The minimum Gasteiger partial charge on any atom is -0.482 e. The van der Waals surface area contributed by atoms with Gasteiger partial charge in [-0.1, -0.05) is 6.07 Å². The maximum absolute atomic E-state index is 12.6. The monoisotopic (exact) mass is 312 g/mol. The van der Waals surface area contributed by atoms with Crippen molar-refractivity contribution in [3.8, 4) is 5.75 Å². The lowest BCUT2D eigenvalue weighted by Gasteiger charge is -2.19. The summed E-state index contributed by atoms with van der Waals surface area (Å²) in [5.74, 6) is 0.499. The molecule has 0 radical (unpaired) electrons. The smallest absolute Gasteiger partial charge is 0.252 e. The van der Waals surface area contributed by atoms with E-state index >= 15 is 0 Å². The molecular weight excluding hydrogens is 296 g/mol. The van der Waals surface area contributed by atoms with Crippen molar-refractivity contribution in [1.82, 2.24) is 20.5 Å². The Labute approximate surface area is 132 Å². The summed E-state index contributed by atoms with van der Waals surface area (Å²) in [6, 6.07) is 7.31. The van der Waals surface area contributed by atoms with E-state index in [0.717, 1.165) is 10.9 Å². The van der Waals surface area contributed by atoms with E-state index < -0.39 is 0 Å². The first-order valence-electron chi connectivity index (χ1n) is 7.41. The molecular formula is C16H16N4O3. The van der Waals surface area contributed by atoms with Crippen LogP contribution in [0.15, 0.2) is 42.9 Å². The van der Waals surface area contributed by atoms with Crippen molar-refractivity contribution in [3.05, 3.63) is 48.4 Å². The van der Waals surface area contributed by atoms with Gasteiger partial charge in [0.2, 0.25) is 0 Å². The van der Waals surface area contributed by atoms with Crippen molar-refractivity contribution >= 4 is 16.8 Å². The largest absolute Gasteiger partial charge is 0.482 e. The third kappa shape index (κ3) is 2.66. The van der Waals surface area contributed by atoms with E-state index in [1.54, 1.807) is 12.4 Å². The first kappa shape index (κ1) is 13.8. The molecule has 7 nitrogen and oxygen atoms in total. The Morgan fingerprint density at radius 2 is 2.30 bits per heavy atom. The number of amides is 1. The van der Waals surface area contributed by atoms with Crippen LogP contribution in [0.4, 0.5) is 0 Å². The van der Waals surface area contributed by atoms with Gasteiger partial charge >= 0.3 is 0 Å². The van der Waals surface area contributed by atoms with Gasteiger partial charge in [-0.2, -0.15) is 5.10 Å². The molecule has 1 saturated heterocycles. The maximum Gasteiger partial charge on any atom is 0.252 e. The zero-order chi connectivity index (χ0) is 15.6. The summed E-state index contributed by atoms with van der Waals surface area (Å²) < 4.78 is 11.2. The van der Waals surface area contributed by atoms with Gasteiger partial charge < -0.3 is 19.8 Å². The Bertz CT molecular complexity index is 812. The molecule has 23 heavy (non-hydrogen) atoms. The summed E-state index contributed by atoms with van der Waals surface area (Å²) in [4.78, 5) is 15.7. The predicted molar refractivity (Wildman–Crippen MR) is 83.4 cm³/mol. The predicted octanol–water partition coefficient (Wildman–Crippen LogP) is 1.47. The van der Waals surface area contributed by atoms with Gasteiger partial charge in [-0.3, -0.25) is 9.89 Å². The van der Waals surface area contributed by atoms with Crippen LogP contribution in [-0.2, 0) is 4.74 Å². The molecule has 0 spiro atoms. The van der Waals surface area contributed by atoms with Crippen LogP contribution in [0.2, 0.25) is 0 Å². The fourth-order valence-corrected chi connectivity index (χ4v) is 2.79. The molecule has 3 heterocycles. The molecule has 1 aliphatic heterocycles. The van der Waals surface area contributed by atoms with E-state index in [0.29, 0.717) is 24.5 Å². The molecule has 3 aromatic rings. The molecule has 3 N–H and O–H groups in total. The Hall–Kier alpha value is -2.80. The number of hydrogen-bond acceptors (Lipinski definition) is 4. The van der Waals surface area contributed by atoms with Crippen LogP contribution >= 0.6 is 0 Å². The second-order valence-corrected chi connectivity index (χ2v) is 5.45. The average molecular weight is 312 g/mol. The van der Waals surface area contributed by atoms with Crippen LogP contribution in [0, 0.1) is 0 Å². The number of carbonyl (C=O) groups excluding carboxylic acids is 1. The topological polar surface area (TPSA) is 92.0 Å². The molecule has 0 bridgehead atoms. The zero-order valence-electron chi connectivity index (χ0n) is 12.3. The van der Waals surface area contributed by atoms with Gasteiger partial charge in [0.1, 0.15) is 6.10 Å². The van der Waals surface area contributed by atoms with E-state index in [1.165, 1.54) is 0 Å². The molecule has 0 saturated carbocycles. The third-order valence-electron chi connectivity index (χ3n) is 3.94. The summed E-state index contributed by atoms with van der Waals surface area (Å²) in [5, 5.41) is 10.4. The minimum absolute atomic E-state index is 0.133. The van der Waals surface area contributed by atoms with E-state index in [4.69, 9.17) is 9.47 Å². The minimum atomic E-state index is -0.234. The second-order valence-electron chi connectivity index (χ2n) is 5.45. The summed E-state index contributed by atoms with van der Waals surface area (Å²) in [6.07, 6.45) is 4.85. The Morgan fingerprint density at radius 3 is 3.17 bits per heavy atom. The molecule has 4 rings (SSSR count). The molecule has 2 atom stereocenters. The van der Waals surface area contributed by atoms with Crippen LogP contribution in [0.1, 0.15) is 10.4 Å². The lowest BCUT2D eigenvalue weighted by atomic mass is 10.1. The number of fused-ring (bicyclic) bond motifs is 1. The Kier molecular flexibility index (Phi) is 3.47. The van der Waals surface area contributed by atoms with Crippen molar-refractivity contribution in [2.45, 2.75) is 12.1 Å². The van der Waals surface area contributed by atoms with Crippen LogP contribution < -0.4 is 10.1 Å². The van der Waals surface area contributed by atoms with Crippen LogP contribution in [-0.4, -0.2) is 46.4 Å². The highest BCUT2D eigenvalue weighted by Gasteiger charge is 2.32. The first-order valence-corrected chi connectivity index (χ1v) is 7.41. The number of carbonyl (C=O) groups is 1. The second kappa shape index (κ2) is 5.77. The molecule has 7 heteroatoms. The van der Waals surface area contributed by atoms with Crippen molar-refractivity contribution < 1.29 is 14.3 Å². The fourth-order valence-electron chi connectivity index (χ4n) is 2.79. The number of nitrogens with zero attached hydrogens (tertiary/aromatic N) is 1. The van der Waals surface area contributed by atoms with Gasteiger partial charge in [0.25, 0.3) is 5.91 Å².